The van der Waals surface area contributed by atoms with Crippen LogP contribution in [0.2, 0.25) is 0 Å². The van der Waals surface area contributed by atoms with E-state index in [1.165, 1.54) is 18.2 Å². The highest BCUT2D eigenvalue weighted by atomic mass is 32.1. The SMILES string of the molecule is CC1=C(C(=O)OC(C)C)C(c2ccc(NC(=O)c3ccccc3F)cc2)NC(=S)N1C. The molecule has 2 aromatic rings. The molecule has 0 spiro atoms. The number of rotatable bonds is 5. The summed E-state index contributed by atoms with van der Waals surface area (Å²) in [5.41, 5.74) is 2.41. The molecular formula is C23H24FN3O3S. The van der Waals surface area contributed by atoms with Crippen molar-refractivity contribution in [1.82, 2.24) is 10.2 Å². The number of nitrogens with zero attached hydrogens (tertiary/aromatic N) is 1. The fraction of sp³-hybridized carbons (Fsp3) is 0.261. The van der Waals surface area contributed by atoms with Gasteiger partial charge in [0.15, 0.2) is 5.11 Å². The van der Waals surface area contributed by atoms with Crippen LogP contribution in [-0.2, 0) is 9.53 Å². The van der Waals surface area contributed by atoms with Crippen molar-refractivity contribution in [2.24, 2.45) is 0 Å². The minimum atomic E-state index is -0.588. The van der Waals surface area contributed by atoms with E-state index in [-0.39, 0.29) is 11.7 Å². The van der Waals surface area contributed by atoms with Gasteiger partial charge in [-0.05, 0) is 62.8 Å². The number of anilines is 1. The van der Waals surface area contributed by atoms with Crippen LogP contribution in [0.4, 0.5) is 10.1 Å². The van der Waals surface area contributed by atoms with Gasteiger partial charge >= 0.3 is 5.97 Å². The van der Waals surface area contributed by atoms with Gasteiger partial charge in [-0.2, -0.15) is 0 Å². The number of ether oxygens (including phenoxy) is 1. The van der Waals surface area contributed by atoms with Crippen LogP contribution in [0, 0.1) is 5.82 Å². The molecule has 0 aliphatic carbocycles. The van der Waals surface area contributed by atoms with E-state index in [1.807, 2.05) is 6.92 Å². The number of halogens is 1. The number of benzene rings is 2. The zero-order valence-corrected chi connectivity index (χ0v) is 18.5. The summed E-state index contributed by atoms with van der Waals surface area (Å²) in [5, 5.41) is 6.34. The van der Waals surface area contributed by atoms with E-state index in [1.54, 1.807) is 56.1 Å². The number of allylic oxidation sites excluding steroid dienone is 1. The maximum atomic E-state index is 13.8. The lowest BCUT2D eigenvalue weighted by Crippen LogP contribution is -2.46. The van der Waals surface area contributed by atoms with Crippen LogP contribution < -0.4 is 10.6 Å². The van der Waals surface area contributed by atoms with Crippen molar-refractivity contribution >= 4 is 34.9 Å². The lowest BCUT2D eigenvalue weighted by Gasteiger charge is -2.35. The van der Waals surface area contributed by atoms with E-state index < -0.39 is 23.7 Å². The molecule has 2 aromatic carbocycles. The molecule has 1 aliphatic rings. The van der Waals surface area contributed by atoms with Gasteiger partial charge in [0.2, 0.25) is 0 Å². The van der Waals surface area contributed by atoms with Gasteiger partial charge in [-0.25, -0.2) is 9.18 Å². The quantitative estimate of drug-likeness (QED) is 0.536. The molecule has 1 heterocycles. The molecule has 0 fully saturated rings. The minimum absolute atomic E-state index is 0.0359. The number of hydrogen-bond acceptors (Lipinski definition) is 4. The molecule has 1 atom stereocenters. The fourth-order valence-corrected chi connectivity index (χ4v) is 3.48. The third-order valence-corrected chi connectivity index (χ3v) is 5.33. The highest BCUT2D eigenvalue weighted by Crippen LogP contribution is 2.31. The second kappa shape index (κ2) is 9.26. The summed E-state index contributed by atoms with van der Waals surface area (Å²) in [6, 6.07) is 12.2. The third-order valence-electron chi connectivity index (χ3n) is 4.94. The van der Waals surface area contributed by atoms with Crippen molar-refractivity contribution in [3.8, 4) is 0 Å². The molecule has 0 aromatic heterocycles. The summed E-state index contributed by atoms with van der Waals surface area (Å²) in [6.45, 7) is 5.40. The first-order chi connectivity index (χ1) is 14.7. The normalized spacial score (nSPS) is 16.3. The van der Waals surface area contributed by atoms with Gasteiger partial charge in [0.1, 0.15) is 5.82 Å². The topological polar surface area (TPSA) is 70.7 Å². The summed E-state index contributed by atoms with van der Waals surface area (Å²) >= 11 is 5.39. The molecule has 3 rings (SSSR count). The molecule has 0 bridgehead atoms. The van der Waals surface area contributed by atoms with Crippen LogP contribution in [0.3, 0.4) is 0 Å². The predicted molar refractivity (Wildman–Crippen MR) is 121 cm³/mol. The summed E-state index contributed by atoms with van der Waals surface area (Å²) < 4.78 is 19.3. The summed E-state index contributed by atoms with van der Waals surface area (Å²) in [6.07, 6.45) is -0.261. The third kappa shape index (κ3) is 4.91. The van der Waals surface area contributed by atoms with Crippen molar-refractivity contribution in [1.29, 1.82) is 0 Å². The smallest absolute Gasteiger partial charge is 0.338 e. The second-order valence-electron chi connectivity index (χ2n) is 7.45. The Morgan fingerprint density at radius 3 is 2.42 bits per heavy atom. The number of carbonyl (C=O) groups is 2. The first-order valence-corrected chi connectivity index (χ1v) is 10.2. The highest BCUT2D eigenvalue weighted by molar-refractivity contribution is 7.80. The van der Waals surface area contributed by atoms with Gasteiger partial charge in [0.25, 0.3) is 5.91 Å². The number of hydrogen-bond donors (Lipinski definition) is 2. The van der Waals surface area contributed by atoms with Gasteiger partial charge in [-0.1, -0.05) is 24.3 Å². The maximum Gasteiger partial charge on any atom is 0.338 e. The molecular weight excluding hydrogens is 417 g/mol. The number of amides is 1. The van der Waals surface area contributed by atoms with E-state index in [4.69, 9.17) is 17.0 Å². The Morgan fingerprint density at radius 1 is 1.16 bits per heavy atom. The van der Waals surface area contributed by atoms with Crippen LogP contribution in [0.1, 0.15) is 42.7 Å². The maximum absolute atomic E-state index is 13.8. The van der Waals surface area contributed by atoms with E-state index in [0.29, 0.717) is 22.1 Å². The molecule has 31 heavy (non-hydrogen) atoms. The minimum Gasteiger partial charge on any atom is -0.459 e. The van der Waals surface area contributed by atoms with E-state index in [0.717, 1.165) is 5.56 Å². The molecule has 1 aliphatic heterocycles. The second-order valence-corrected chi connectivity index (χ2v) is 7.84. The zero-order valence-electron chi connectivity index (χ0n) is 17.7. The lowest BCUT2D eigenvalue weighted by molar-refractivity contribution is -0.143. The van der Waals surface area contributed by atoms with Crippen molar-refractivity contribution in [3.05, 3.63) is 76.7 Å². The van der Waals surface area contributed by atoms with Crippen molar-refractivity contribution in [2.45, 2.75) is 32.9 Å². The van der Waals surface area contributed by atoms with Crippen LogP contribution in [0.25, 0.3) is 0 Å². The van der Waals surface area contributed by atoms with Crippen LogP contribution in [-0.4, -0.2) is 35.0 Å². The van der Waals surface area contributed by atoms with Crippen LogP contribution in [0.15, 0.2) is 59.8 Å². The van der Waals surface area contributed by atoms with Gasteiger partial charge < -0.3 is 20.3 Å². The molecule has 2 N–H and O–H groups in total. The van der Waals surface area contributed by atoms with Gasteiger partial charge in [0, 0.05) is 18.4 Å². The average molecular weight is 442 g/mol. The van der Waals surface area contributed by atoms with E-state index in [9.17, 15) is 14.0 Å². The Kier molecular flexibility index (Phi) is 6.70. The zero-order chi connectivity index (χ0) is 22.7. The number of esters is 1. The van der Waals surface area contributed by atoms with Crippen LogP contribution >= 0.6 is 12.2 Å². The largest absolute Gasteiger partial charge is 0.459 e. The fourth-order valence-electron chi connectivity index (χ4n) is 3.23. The van der Waals surface area contributed by atoms with Gasteiger partial charge in [-0.3, -0.25) is 4.79 Å². The van der Waals surface area contributed by atoms with Crippen molar-refractivity contribution in [2.75, 3.05) is 12.4 Å². The Balaban J connectivity index is 1.86. The lowest BCUT2D eigenvalue weighted by atomic mass is 9.95. The molecule has 162 valence electrons. The molecule has 1 amide bonds. The van der Waals surface area contributed by atoms with Gasteiger partial charge in [0.05, 0.1) is 23.3 Å². The number of nitrogens with one attached hydrogen (secondary N) is 2. The molecule has 0 radical (unpaired) electrons. The molecule has 0 saturated carbocycles. The highest BCUT2D eigenvalue weighted by Gasteiger charge is 2.33. The Hall–Kier alpha value is -3.26. The van der Waals surface area contributed by atoms with Gasteiger partial charge in [-0.15, -0.1) is 0 Å². The van der Waals surface area contributed by atoms with Crippen LogP contribution in [0.5, 0.6) is 0 Å². The Bertz CT molecular complexity index is 1050. The van der Waals surface area contributed by atoms with Crippen molar-refractivity contribution < 1.29 is 18.7 Å². The van der Waals surface area contributed by atoms with Crippen molar-refractivity contribution in [3.63, 3.8) is 0 Å². The summed E-state index contributed by atoms with van der Waals surface area (Å²) in [5.74, 6) is -1.55. The number of thiocarbonyl (C=S) groups is 1. The summed E-state index contributed by atoms with van der Waals surface area (Å²) in [7, 11) is 1.78. The average Bonchev–Trinajstić information content (AvgIpc) is 2.72. The monoisotopic (exact) mass is 441 g/mol. The van der Waals surface area contributed by atoms with E-state index in [2.05, 4.69) is 10.6 Å². The standard InChI is InChI=1S/C23H24FN3O3S/c1-13(2)30-22(29)19-14(3)27(4)23(31)26-20(19)15-9-11-16(12-10-15)25-21(28)17-7-5-6-8-18(17)24/h5-13,20H,1-4H3,(H,25,28)(H,26,31). The first kappa shape index (κ1) is 22.4. The first-order valence-electron chi connectivity index (χ1n) is 9.81. The molecule has 6 nitrogen and oxygen atoms in total. The molecule has 0 saturated heterocycles. The number of carbonyl (C=O) groups excluding carboxylic acids is 2. The molecule has 1 unspecified atom stereocenters. The predicted octanol–water partition coefficient (Wildman–Crippen LogP) is 4.16. The summed E-state index contributed by atoms with van der Waals surface area (Å²) in [4.78, 5) is 26.8. The van der Waals surface area contributed by atoms with E-state index >= 15 is 0 Å². The Labute approximate surface area is 186 Å². The molecule has 8 heteroatoms. The Morgan fingerprint density at radius 2 is 1.81 bits per heavy atom.